The zero-order valence-electron chi connectivity index (χ0n) is 16.2. The van der Waals surface area contributed by atoms with Crippen LogP contribution in [0.2, 0.25) is 0 Å². The number of anilines is 1. The second-order valence-electron chi connectivity index (χ2n) is 8.21. The number of piperazine rings is 2. The number of carbonyl (C=O) groups is 2. The van der Waals surface area contributed by atoms with Gasteiger partial charge in [0.05, 0.1) is 0 Å². The molecular formula is C21H30N4O2. The van der Waals surface area contributed by atoms with E-state index >= 15 is 0 Å². The molecule has 0 spiro atoms. The van der Waals surface area contributed by atoms with Crippen molar-refractivity contribution in [1.29, 1.82) is 0 Å². The summed E-state index contributed by atoms with van der Waals surface area (Å²) in [5.74, 6) is 0.516. The van der Waals surface area contributed by atoms with Crippen LogP contribution in [-0.2, 0) is 4.79 Å². The summed E-state index contributed by atoms with van der Waals surface area (Å²) >= 11 is 0. The van der Waals surface area contributed by atoms with Crippen LogP contribution in [0.5, 0.6) is 0 Å². The topological polar surface area (TPSA) is 47.1 Å². The summed E-state index contributed by atoms with van der Waals surface area (Å²) in [5.41, 5.74) is 1.85. The minimum absolute atomic E-state index is 0.156. The Morgan fingerprint density at radius 2 is 1.67 bits per heavy atom. The van der Waals surface area contributed by atoms with E-state index in [4.69, 9.17) is 0 Å². The Bertz CT molecular complexity index is 669. The molecule has 3 fully saturated rings. The first kappa shape index (κ1) is 18.4. The van der Waals surface area contributed by atoms with Crippen molar-refractivity contribution in [3.05, 3.63) is 29.8 Å². The largest absolute Gasteiger partial charge is 0.371 e. The second kappa shape index (κ2) is 7.98. The number of aldehydes is 1. The third-order valence-corrected chi connectivity index (χ3v) is 6.45. The molecule has 0 N–H and O–H groups in total. The van der Waals surface area contributed by atoms with Gasteiger partial charge in [0.25, 0.3) is 0 Å². The van der Waals surface area contributed by atoms with Gasteiger partial charge in [-0.2, -0.15) is 0 Å². The highest BCUT2D eigenvalue weighted by molar-refractivity contribution is 5.79. The van der Waals surface area contributed by atoms with Crippen LogP contribution < -0.4 is 4.90 Å². The van der Waals surface area contributed by atoms with Crippen LogP contribution in [0.3, 0.4) is 0 Å². The fourth-order valence-electron chi connectivity index (χ4n) is 4.72. The highest BCUT2D eigenvalue weighted by Gasteiger charge is 2.35. The molecule has 0 bridgehead atoms. The number of carbonyl (C=O) groups excluding carboxylic acids is 2. The van der Waals surface area contributed by atoms with Crippen molar-refractivity contribution >= 4 is 17.9 Å². The van der Waals surface area contributed by atoms with Gasteiger partial charge >= 0.3 is 0 Å². The van der Waals surface area contributed by atoms with Gasteiger partial charge in [0, 0.05) is 75.6 Å². The predicted molar refractivity (Wildman–Crippen MR) is 106 cm³/mol. The van der Waals surface area contributed by atoms with Crippen molar-refractivity contribution < 1.29 is 9.59 Å². The van der Waals surface area contributed by atoms with Gasteiger partial charge in [0.2, 0.25) is 5.91 Å². The average Bonchev–Trinajstić information content (AvgIpc) is 2.73. The van der Waals surface area contributed by atoms with Gasteiger partial charge in [-0.3, -0.25) is 14.5 Å². The molecule has 4 rings (SSSR count). The lowest BCUT2D eigenvalue weighted by molar-refractivity contribution is -0.140. The molecule has 6 nitrogen and oxygen atoms in total. The normalized spacial score (nSPS) is 25.3. The number of fused-ring (bicyclic) bond motifs is 1. The van der Waals surface area contributed by atoms with Crippen molar-refractivity contribution in [2.45, 2.75) is 18.9 Å². The summed E-state index contributed by atoms with van der Waals surface area (Å²) in [7, 11) is 2.18. The molecular weight excluding hydrogens is 340 g/mol. The van der Waals surface area contributed by atoms with Crippen LogP contribution in [0.1, 0.15) is 23.2 Å². The minimum Gasteiger partial charge on any atom is -0.371 e. The first-order valence-corrected chi connectivity index (χ1v) is 10.2. The second-order valence-corrected chi connectivity index (χ2v) is 8.21. The van der Waals surface area contributed by atoms with Gasteiger partial charge in [0.15, 0.2) is 0 Å². The summed E-state index contributed by atoms with van der Waals surface area (Å²) in [6.07, 6.45) is 2.70. The molecule has 0 unspecified atom stereocenters. The van der Waals surface area contributed by atoms with E-state index in [1.807, 2.05) is 24.3 Å². The van der Waals surface area contributed by atoms with Crippen molar-refractivity contribution in [1.82, 2.24) is 14.7 Å². The molecule has 27 heavy (non-hydrogen) atoms. The van der Waals surface area contributed by atoms with Crippen molar-refractivity contribution in [3.8, 4) is 0 Å². The lowest BCUT2D eigenvalue weighted by Gasteiger charge is -2.47. The molecule has 1 amide bonds. The van der Waals surface area contributed by atoms with Crippen LogP contribution in [0.15, 0.2) is 24.3 Å². The number of hydrogen-bond acceptors (Lipinski definition) is 5. The van der Waals surface area contributed by atoms with Gasteiger partial charge in [-0.15, -0.1) is 0 Å². The molecule has 1 aromatic rings. The maximum absolute atomic E-state index is 13.1. The molecule has 6 heteroatoms. The quantitative estimate of drug-likeness (QED) is 0.748. The molecule has 3 aliphatic rings. The van der Waals surface area contributed by atoms with E-state index in [0.29, 0.717) is 17.5 Å². The summed E-state index contributed by atoms with van der Waals surface area (Å²) < 4.78 is 0. The van der Waals surface area contributed by atoms with Crippen molar-refractivity contribution in [2.24, 2.45) is 5.92 Å². The van der Waals surface area contributed by atoms with Crippen molar-refractivity contribution in [3.63, 3.8) is 0 Å². The van der Waals surface area contributed by atoms with E-state index in [1.54, 1.807) is 0 Å². The Hall–Kier alpha value is -1.92. The molecule has 0 saturated carbocycles. The lowest BCUT2D eigenvalue weighted by atomic mass is 9.94. The van der Waals surface area contributed by atoms with E-state index in [-0.39, 0.29) is 5.92 Å². The standard InChI is InChI=1S/C21H30N4O2/c1-22-10-11-24-12-13-25(15-20(24)14-22)21(27)18-6-8-23(9-7-18)19-4-2-17(16-26)3-5-19/h2-5,16,18,20H,6-15H2,1H3/t20-/m1/s1. The molecule has 1 aromatic carbocycles. The summed E-state index contributed by atoms with van der Waals surface area (Å²) in [6, 6.07) is 8.23. The Kier molecular flexibility index (Phi) is 5.45. The Morgan fingerprint density at radius 1 is 0.963 bits per heavy atom. The van der Waals surface area contributed by atoms with Crippen molar-refractivity contribution in [2.75, 3.05) is 64.3 Å². The van der Waals surface area contributed by atoms with Crippen LogP contribution in [0.4, 0.5) is 5.69 Å². The molecule has 0 aromatic heterocycles. The van der Waals surface area contributed by atoms with Gasteiger partial charge < -0.3 is 14.7 Å². The smallest absolute Gasteiger partial charge is 0.225 e. The SMILES string of the molecule is CN1CCN2CCN(C(=O)C3CCN(c4ccc(C=O)cc4)CC3)C[C@H]2C1. The maximum Gasteiger partial charge on any atom is 0.225 e. The van der Waals surface area contributed by atoms with Gasteiger partial charge in [0.1, 0.15) is 6.29 Å². The predicted octanol–water partition coefficient (Wildman–Crippen LogP) is 1.17. The van der Waals surface area contributed by atoms with Crippen LogP contribution in [0, 0.1) is 5.92 Å². The number of rotatable bonds is 3. The number of hydrogen-bond donors (Lipinski definition) is 0. The van der Waals surface area contributed by atoms with E-state index in [0.717, 1.165) is 77.2 Å². The van der Waals surface area contributed by atoms with E-state index in [9.17, 15) is 9.59 Å². The third kappa shape index (κ3) is 4.01. The monoisotopic (exact) mass is 370 g/mol. The lowest BCUT2D eigenvalue weighted by Crippen LogP contribution is -2.62. The van der Waals surface area contributed by atoms with Gasteiger partial charge in [-0.25, -0.2) is 0 Å². The zero-order valence-corrected chi connectivity index (χ0v) is 16.2. The van der Waals surface area contributed by atoms with E-state index in [2.05, 4.69) is 26.6 Å². The Balaban J connectivity index is 1.31. The van der Waals surface area contributed by atoms with Crippen LogP contribution >= 0.6 is 0 Å². The number of piperidine rings is 1. The summed E-state index contributed by atoms with van der Waals surface area (Å²) in [4.78, 5) is 33.3. The number of nitrogens with zero attached hydrogens (tertiary/aromatic N) is 4. The summed E-state index contributed by atoms with van der Waals surface area (Å²) in [5, 5.41) is 0. The summed E-state index contributed by atoms with van der Waals surface area (Å²) in [6.45, 7) is 7.93. The first-order chi connectivity index (χ1) is 13.1. The Morgan fingerprint density at radius 3 is 2.37 bits per heavy atom. The highest BCUT2D eigenvalue weighted by Crippen LogP contribution is 2.26. The highest BCUT2D eigenvalue weighted by atomic mass is 16.2. The minimum atomic E-state index is 0.156. The number of amides is 1. The molecule has 1 atom stereocenters. The van der Waals surface area contributed by atoms with Crippen LogP contribution in [0.25, 0.3) is 0 Å². The average molecular weight is 370 g/mol. The van der Waals surface area contributed by atoms with Gasteiger partial charge in [-0.05, 0) is 44.2 Å². The molecule has 0 aliphatic carbocycles. The van der Waals surface area contributed by atoms with Crippen LogP contribution in [-0.4, -0.2) is 92.3 Å². The molecule has 3 heterocycles. The fraction of sp³-hybridized carbons (Fsp3) is 0.619. The van der Waals surface area contributed by atoms with E-state index < -0.39 is 0 Å². The number of likely N-dealkylation sites (N-methyl/N-ethyl adjacent to an activating group) is 1. The third-order valence-electron chi connectivity index (χ3n) is 6.45. The fourth-order valence-corrected chi connectivity index (χ4v) is 4.72. The molecule has 0 radical (unpaired) electrons. The molecule has 146 valence electrons. The molecule has 3 aliphatic heterocycles. The van der Waals surface area contributed by atoms with Gasteiger partial charge in [-0.1, -0.05) is 0 Å². The zero-order chi connectivity index (χ0) is 18.8. The van der Waals surface area contributed by atoms with E-state index in [1.165, 1.54) is 0 Å². The molecule has 3 saturated heterocycles. The maximum atomic E-state index is 13.1. The first-order valence-electron chi connectivity index (χ1n) is 10.2. The number of benzene rings is 1. The Labute approximate surface area is 161 Å².